The smallest absolute Gasteiger partial charge is 0.309 e. The lowest BCUT2D eigenvalue weighted by Gasteiger charge is -2.18. The van der Waals surface area contributed by atoms with Crippen LogP contribution in [0.25, 0.3) is 0 Å². The molecule has 1 fully saturated rings. The number of nitrogens with zero attached hydrogens (tertiary/aromatic N) is 2. The van der Waals surface area contributed by atoms with Crippen LogP contribution >= 0.6 is 22.3 Å². The summed E-state index contributed by atoms with van der Waals surface area (Å²) >= 11 is 5.71. The zero-order valence-electron chi connectivity index (χ0n) is 10.8. The summed E-state index contributed by atoms with van der Waals surface area (Å²) < 4.78 is 59.6. The third-order valence-corrected chi connectivity index (χ3v) is 4.58. The molecule has 1 amide bonds. The van der Waals surface area contributed by atoms with Crippen LogP contribution in [-0.2, 0) is 20.0 Å². The molecule has 1 aliphatic heterocycles. The van der Waals surface area contributed by atoms with E-state index in [0.29, 0.717) is 6.07 Å². The maximum atomic E-state index is 12.5. The molecule has 2 rings (SSSR count). The fraction of sp³-hybridized carbons (Fsp3) is 0.455. The summed E-state index contributed by atoms with van der Waals surface area (Å²) in [6.45, 7) is -0.00243. The number of amides is 1. The lowest BCUT2D eigenvalue weighted by Crippen LogP contribution is -2.26. The molecule has 0 radical (unpaired) electrons. The molecule has 1 saturated heterocycles. The summed E-state index contributed by atoms with van der Waals surface area (Å²) in [7, 11) is 1.36. The molecule has 1 aliphatic rings. The highest BCUT2D eigenvalue weighted by Gasteiger charge is 2.36. The molecule has 0 bridgehead atoms. The highest BCUT2D eigenvalue weighted by molar-refractivity contribution is 8.13. The lowest BCUT2D eigenvalue weighted by atomic mass is 10.1. The second-order valence-corrected chi connectivity index (χ2v) is 7.96. The predicted octanol–water partition coefficient (Wildman–Crippen LogP) is 2.68. The van der Waals surface area contributed by atoms with Gasteiger partial charge in [0.2, 0.25) is 15.0 Å². The number of hydrogen-bond acceptors (Lipinski definition) is 4. The van der Waals surface area contributed by atoms with Crippen molar-refractivity contribution in [1.29, 1.82) is 0 Å². The van der Waals surface area contributed by atoms with Crippen molar-refractivity contribution in [3.63, 3.8) is 0 Å². The summed E-state index contributed by atoms with van der Waals surface area (Å²) in [5, 5.41) is -0.474. The second-order valence-electron chi connectivity index (χ2n) is 4.78. The maximum absolute atomic E-state index is 12.5. The summed E-state index contributed by atoms with van der Waals surface area (Å²) in [6, 6.07) is 1.74. The van der Waals surface area contributed by atoms with Crippen molar-refractivity contribution < 1.29 is 26.4 Å². The molecule has 0 aliphatic carbocycles. The summed E-state index contributed by atoms with van der Waals surface area (Å²) in [5.41, 5.74) is -1.16. The van der Waals surface area contributed by atoms with Crippen LogP contribution in [0.1, 0.15) is 12.1 Å². The first kappa shape index (κ1) is 17.3. The lowest BCUT2D eigenvalue weighted by molar-refractivity contribution is -0.141. The minimum atomic E-state index is -4.65. The number of carbonyl (C=O) groups excluding carboxylic acids is 1. The number of halogens is 5. The van der Waals surface area contributed by atoms with E-state index in [1.165, 1.54) is 0 Å². The van der Waals surface area contributed by atoms with Crippen LogP contribution in [0.2, 0.25) is 5.15 Å². The zero-order valence-corrected chi connectivity index (χ0v) is 13.1. The van der Waals surface area contributed by atoms with Crippen molar-refractivity contribution in [3.8, 4) is 0 Å². The van der Waals surface area contributed by atoms with E-state index >= 15 is 0 Å². The van der Waals surface area contributed by atoms with Gasteiger partial charge >= 0.3 is 6.18 Å². The van der Waals surface area contributed by atoms with E-state index in [9.17, 15) is 26.4 Å². The average molecular weight is 377 g/mol. The second kappa shape index (κ2) is 5.86. The summed E-state index contributed by atoms with van der Waals surface area (Å²) in [4.78, 5) is 16.2. The van der Waals surface area contributed by atoms with E-state index in [1.807, 2.05) is 0 Å². The van der Waals surface area contributed by atoms with Gasteiger partial charge in [-0.05, 0) is 12.1 Å². The molecular formula is C11H9Cl2F3N2O3S. The Balaban J connectivity index is 2.24. The Bertz CT molecular complexity index is 709. The third kappa shape index (κ3) is 4.02. The predicted molar refractivity (Wildman–Crippen MR) is 74.3 cm³/mol. The molecule has 11 heteroatoms. The highest BCUT2D eigenvalue weighted by atomic mass is 35.7. The van der Waals surface area contributed by atoms with E-state index in [0.717, 1.165) is 11.0 Å². The molecule has 1 aromatic heterocycles. The number of alkyl halides is 3. The van der Waals surface area contributed by atoms with Crippen molar-refractivity contribution in [3.05, 3.63) is 23.0 Å². The van der Waals surface area contributed by atoms with Gasteiger partial charge in [-0.3, -0.25) is 4.79 Å². The quantitative estimate of drug-likeness (QED) is 0.600. The number of pyridine rings is 1. The number of hydrogen-bond donors (Lipinski definition) is 0. The summed E-state index contributed by atoms with van der Waals surface area (Å²) in [5.74, 6) is -1.40. The molecular weight excluding hydrogens is 368 g/mol. The average Bonchev–Trinajstić information content (AvgIpc) is 2.66. The molecule has 0 spiro atoms. The number of carbonyl (C=O) groups is 1. The van der Waals surface area contributed by atoms with E-state index in [2.05, 4.69) is 4.98 Å². The standard InChI is InChI=1S/C11H9Cl2F3N2O3S/c12-10-7(1-2-8(17-10)11(14,15)16)18-4-6(3-9(18)19)5-22(13,20)21/h1-2,6H,3-5H2. The maximum Gasteiger partial charge on any atom is 0.433 e. The van der Waals surface area contributed by atoms with Gasteiger partial charge < -0.3 is 4.90 Å². The molecule has 5 nitrogen and oxygen atoms in total. The van der Waals surface area contributed by atoms with Crippen LogP contribution < -0.4 is 4.90 Å². The van der Waals surface area contributed by atoms with Crippen LogP contribution in [0.15, 0.2) is 12.1 Å². The number of anilines is 1. The number of rotatable bonds is 3. The van der Waals surface area contributed by atoms with Gasteiger partial charge in [0.1, 0.15) is 5.69 Å². The topological polar surface area (TPSA) is 67.3 Å². The first-order chi connectivity index (χ1) is 9.97. The summed E-state index contributed by atoms with van der Waals surface area (Å²) in [6.07, 6.45) is -4.73. The van der Waals surface area contributed by atoms with Gasteiger partial charge in [0.15, 0.2) is 5.15 Å². The Kier molecular flexibility index (Phi) is 4.61. The molecule has 122 valence electrons. The molecule has 0 saturated carbocycles. The van der Waals surface area contributed by atoms with Crippen molar-refractivity contribution in [2.75, 3.05) is 17.2 Å². The van der Waals surface area contributed by atoms with Crippen LogP contribution in [0.5, 0.6) is 0 Å². The minimum Gasteiger partial charge on any atom is -0.309 e. The Morgan fingerprint density at radius 1 is 1.36 bits per heavy atom. The molecule has 1 aromatic rings. The first-order valence-electron chi connectivity index (χ1n) is 5.94. The van der Waals surface area contributed by atoms with Crippen LogP contribution in [0.3, 0.4) is 0 Å². The Morgan fingerprint density at radius 2 is 2.00 bits per heavy atom. The van der Waals surface area contributed by atoms with Crippen molar-refractivity contribution in [1.82, 2.24) is 4.98 Å². The van der Waals surface area contributed by atoms with Gasteiger partial charge in [0.05, 0.1) is 11.4 Å². The van der Waals surface area contributed by atoms with Crippen LogP contribution in [0, 0.1) is 5.92 Å². The number of aromatic nitrogens is 1. The van der Waals surface area contributed by atoms with Crippen molar-refractivity contribution in [2.45, 2.75) is 12.6 Å². The fourth-order valence-corrected chi connectivity index (χ4v) is 3.77. The SMILES string of the molecule is O=C1CC(CS(=O)(=O)Cl)CN1c1ccc(C(F)(F)F)nc1Cl. The Hall–Kier alpha value is -1.06. The fourth-order valence-electron chi connectivity index (χ4n) is 2.19. The zero-order chi connectivity index (χ0) is 16.7. The Morgan fingerprint density at radius 3 is 2.50 bits per heavy atom. The minimum absolute atomic E-state index is 0.00243. The van der Waals surface area contributed by atoms with E-state index in [4.69, 9.17) is 22.3 Å². The molecule has 2 heterocycles. The first-order valence-corrected chi connectivity index (χ1v) is 8.79. The molecule has 22 heavy (non-hydrogen) atoms. The normalized spacial score (nSPS) is 19.8. The van der Waals surface area contributed by atoms with E-state index in [-0.39, 0.29) is 18.7 Å². The van der Waals surface area contributed by atoms with Gasteiger partial charge in [0, 0.05) is 29.6 Å². The van der Waals surface area contributed by atoms with Gasteiger partial charge in [-0.1, -0.05) is 11.6 Å². The van der Waals surface area contributed by atoms with Gasteiger partial charge in [-0.25, -0.2) is 13.4 Å². The van der Waals surface area contributed by atoms with Crippen molar-refractivity contribution >= 4 is 42.9 Å². The third-order valence-electron chi connectivity index (χ3n) is 3.05. The van der Waals surface area contributed by atoms with Crippen LogP contribution in [0.4, 0.5) is 18.9 Å². The van der Waals surface area contributed by atoms with Crippen LogP contribution in [-0.4, -0.2) is 31.6 Å². The monoisotopic (exact) mass is 376 g/mol. The molecule has 0 aromatic carbocycles. The Labute approximate surface area is 133 Å². The van der Waals surface area contributed by atoms with Gasteiger partial charge in [-0.2, -0.15) is 13.2 Å². The largest absolute Gasteiger partial charge is 0.433 e. The van der Waals surface area contributed by atoms with E-state index < -0.39 is 43.7 Å². The molecule has 1 unspecified atom stereocenters. The highest BCUT2D eigenvalue weighted by Crippen LogP contribution is 2.35. The van der Waals surface area contributed by atoms with Gasteiger partial charge in [-0.15, -0.1) is 0 Å². The van der Waals surface area contributed by atoms with Crippen molar-refractivity contribution in [2.24, 2.45) is 5.92 Å². The molecule has 1 atom stereocenters. The van der Waals surface area contributed by atoms with E-state index in [1.54, 1.807) is 0 Å². The van der Waals surface area contributed by atoms with Gasteiger partial charge in [0.25, 0.3) is 0 Å². The molecule has 0 N–H and O–H groups in total.